The van der Waals surface area contributed by atoms with E-state index in [-0.39, 0.29) is 11.8 Å². The van der Waals surface area contributed by atoms with Crippen molar-refractivity contribution in [3.63, 3.8) is 0 Å². The Morgan fingerprint density at radius 2 is 1.93 bits per heavy atom. The van der Waals surface area contributed by atoms with E-state index in [0.717, 1.165) is 17.2 Å². The zero-order valence-corrected chi connectivity index (χ0v) is 16.8. The van der Waals surface area contributed by atoms with Crippen molar-refractivity contribution in [2.75, 3.05) is 27.2 Å². The van der Waals surface area contributed by atoms with Gasteiger partial charge in [-0.3, -0.25) is 14.3 Å². The Morgan fingerprint density at radius 1 is 1.19 bits per heavy atom. The molecule has 0 aromatic carbocycles. The van der Waals surface area contributed by atoms with Crippen LogP contribution >= 0.6 is 0 Å². The summed E-state index contributed by atoms with van der Waals surface area (Å²) in [6.45, 7) is 5.97. The molecule has 3 rings (SSSR count). The minimum atomic E-state index is -0.0919. The largest absolute Gasteiger partial charge is 0.343 e. The first-order valence-electron chi connectivity index (χ1n) is 9.32. The van der Waals surface area contributed by atoms with Crippen molar-refractivity contribution in [1.82, 2.24) is 29.1 Å². The van der Waals surface area contributed by atoms with Crippen molar-refractivity contribution < 1.29 is 9.59 Å². The van der Waals surface area contributed by atoms with Gasteiger partial charge in [0.15, 0.2) is 0 Å². The van der Waals surface area contributed by atoms with Crippen molar-refractivity contribution in [2.45, 2.75) is 39.7 Å². The van der Waals surface area contributed by atoms with E-state index in [2.05, 4.69) is 10.1 Å². The number of carbonyl (C=O) groups excluding carboxylic acids is 2. The number of aryl methyl sites for hydroxylation is 2. The van der Waals surface area contributed by atoms with E-state index in [1.165, 1.54) is 10.5 Å². The second-order valence-electron chi connectivity index (χ2n) is 7.34. The van der Waals surface area contributed by atoms with Crippen LogP contribution in [0, 0.1) is 13.8 Å². The minimum absolute atomic E-state index is 0.0919. The van der Waals surface area contributed by atoms with Gasteiger partial charge in [0, 0.05) is 65.5 Å². The summed E-state index contributed by atoms with van der Waals surface area (Å²) in [7, 11) is 5.37. The Hall–Kier alpha value is -2.64. The van der Waals surface area contributed by atoms with Gasteiger partial charge in [0.25, 0.3) is 5.91 Å². The number of nitrogens with zero attached hydrogens (tertiary/aromatic N) is 6. The number of amides is 2. The molecule has 0 fully saturated rings. The number of carbonyl (C=O) groups is 2. The monoisotopic (exact) mass is 372 g/mol. The molecule has 2 aromatic rings. The van der Waals surface area contributed by atoms with Gasteiger partial charge in [0.1, 0.15) is 11.5 Å². The van der Waals surface area contributed by atoms with Crippen LogP contribution in [-0.4, -0.2) is 68.1 Å². The summed E-state index contributed by atoms with van der Waals surface area (Å²) in [5.41, 5.74) is 3.75. The van der Waals surface area contributed by atoms with Crippen LogP contribution in [0.1, 0.15) is 39.7 Å². The van der Waals surface area contributed by atoms with Crippen LogP contribution in [-0.2, 0) is 31.2 Å². The topological polar surface area (TPSA) is 76.3 Å². The maximum Gasteiger partial charge on any atom is 0.273 e. The molecule has 2 amide bonds. The average molecular weight is 372 g/mol. The molecule has 0 aliphatic carbocycles. The second-order valence-corrected chi connectivity index (χ2v) is 7.34. The van der Waals surface area contributed by atoms with E-state index in [1.54, 1.807) is 20.3 Å². The van der Waals surface area contributed by atoms with Crippen molar-refractivity contribution in [1.29, 1.82) is 0 Å². The molecule has 0 saturated carbocycles. The predicted molar refractivity (Wildman–Crippen MR) is 102 cm³/mol. The molecule has 3 heterocycles. The fourth-order valence-corrected chi connectivity index (χ4v) is 3.57. The molecular weight excluding hydrogens is 344 g/mol. The van der Waals surface area contributed by atoms with E-state index in [0.29, 0.717) is 44.6 Å². The highest BCUT2D eigenvalue weighted by Gasteiger charge is 2.22. The van der Waals surface area contributed by atoms with Crippen LogP contribution in [0.4, 0.5) is 0 Å². The summed E-state index contributed by atoms with van der Waals surface area (Å²) in [6, 6.07) is 0. The van der Waals surface area contributed by atoms with Crippen LogP contribution in [0.5, 0.6) is 0 Å². The molecule has 2 aromatic heterocycles. The van der Waals surface area contributed by atoms with Gasteiger partial charge in [-0.05, 0) is 25.8 Å². The number of imidazole rings is 1. The highest BCUT2D eigenvalue weighted by atomic mass is 16.2. The number of rotatable bonds is 4. The molecular formula is C19H28N6O2. The number of aromatic nitrogens is 4. The van der Waals surface area contributed by atoms with Crippen LogP contribution in [0.15, 0.2) is 6.20 Å². The predicted octanol–water partition coefficient (Wildman–Crippen LogP) is 0.953. The summed E-state index contributed by atoms with van der Waals surface area (Å²) >= 11 is 0. The summed E-state index contributed by atoms with van der Waals surface area (Å²) in [5.74, 6) is 0.938. The third-order valence-corrected chi connectivity index (χ3v) is 5.30. The van der Waals surface area contributed by atoms with Crippen molar-refractivity contribution >= 4 is 11.8 Å². The Balaban J connectivity index is 1.60. The molecule has 1 aliphatic rings. The van der Waals surface area contributed by atoms with Crippen LogP contribution in [0.2, 0.25) is 0 Å². The molecule has 8 heteroatoms. The fourth-order valence-electron chi connectivity index (χ4n) is 3.57. The molecule has 0 saturated heterocycles. The molecule has 0 spiro atoms. The van der Waals surface area contributed by atoms with Crippen molar-refractivity contribution in [3.8, 4) is 0 Å². The lowest BCUT2D eigenvalue weighted by Crippen LogP contribution is -2.34. The summed E-state index contributed by atoms with van der Waals surface area (Å²) in [6.07, 6.45) is 3.67. The van der Waals surface area contributed by atoms with Gasteiger partial charge in [-0.15, -0.1) is 0 Å². The maximum absolute atomic E-state index is 12.7. The van der Waals surface area contributed by atoms with E-state index in [9.17, 15) is 9.59 Å². The van der Waals surface area contributed by atoms with Gasteiger partial charge in [-0.2, -0.15) is 5.10 Å². The Bertz CT molecular complexity index is 838. The SMILES string of the molecule is Cc1nn(C)c(C)c1CCC(=O)N1CCc2nc(C(=O)N(C)C)cn2CC1. The van der Waals surface area contributed by atoms with Gasteiger partial charge < -0.3 is 14.4 Å². The van der Waals surface area contributed by atoms with Crippen LogP contribution < -0.4 is 0 Å². The molecule has 146 valence electrons. The zero-order chi connectivity index (χ0) is 19.7. The summed E-state index contributed by atoms with van der Waals surface area (Å²) < 4.78 is 3.87. The van der Waals surface area contributed by atoms with E-state index in [4.69, 9.17) is 0 Å². The molecule has 0 radical (unpaired) electrons. The number of hydrogen-bond donors (Lipinski definition) is 0. The van der Waals surface area contributed by atoms with Gasteiger partial charge in [-0.25, -0.2) is 4.98 Å². The normalized spacial score (nSPS) is 14.0. The van der Waals surface area contributed by atoms with Crippen molar-refractivity contribution in [2.24, 2.45) is 7.05 Å². The Kier molecular flexibility index (Phi) is 5.34. The lowest BCUT2D eigenvalue weighted by molar-refractivity contribution is -0.131. The van der Waals surface area contributed by atoms with Crippen LogP contribution in [0.3, 0.4) is 0 Å². The van der Waals surface area contributed by atoms with Gasteiger partial charge in [-0.1, -0.05) is 0 Å². The average Bonchev–Trinajstić information content (AvgIpc) is 3.05. The lowest BCUT2D eigenvalue weighted by atomic mass is 10.1. The molecule has 8 nitrogen and oxygen atoms in total. The molecule has 0 bridgehead atoms. The number of hydrogen-bond acceptors (Lipinski definition) is 4. The lowest BCUT2D eigenvalue weighted by Gasteiger charge is -2.20. The first-order chi connectivity index (χ1) is 12.8. The quantitative estimate of drug-likeness (QED) is 0.801. The van der Waals surface area contributed by atoms with Crippen LogP contribution in [0.25, 0.3) is 0 Å². The maximum atomic E-state index is 12.7. The highest BCUT2D eigenvalue weighted by molar-refractivity contribution is 5.91. The van der Waals surface area contributed by atoms with E-state index < -0.39 is 0 Å². The molecule has 1 aliphatic heterocycles. The van der Waals surface area contributed by atoms with E-state index >= 15 is 0 Å². The first kappa shape index (κ1) is 19.1. The molecule has 0 unspecified atom stereocenters. The Labute approximate surface area is 159 Å². The molecule has 0 atom stereocenters. The fraction of sp³-hybridized carbons (Fsp3) is 0.579. The summed E-state index contributed by atoms with van der Waals surface area (Å²) in [5, 5.41) is 4.42. The highest BCUT2D eigenvalue weighted by Crippen LogP contribution is 2.16. The van der Waals surface area contributed by atoms with Gasteiger partial charge >= 0.3 is 0 Å². The second kappa shape index (κ2) is 7.54. The summed E-state index contributed by atoms with van der Waals surface area (Å²) in [4.78, 5) is 32.7. The van der Waals surface area contributed by atoms with Gasteiger partial charge in [0.05, 0.1) is 5.69 Å². The first-order valence-corrected chi connectivity index (χ1v) is 9.32. The third kappa shape index (κ3) is 3.89. The number of fused-ring (bicyclic) bond motifs is 1. The molecule has 27 heavy (non-hydrogen) atoms. The zero-order valence-electron chi connectivity index (χ0n) is 16.8. The van der Waals surface area contributed by atoms with Gasteiger partial charge in [0.2, 0.25) is 5.91 Å². The Morgan fingerprint density at radius 3 is 2.56 bits per heavy atom. The standard InChI is InChI=1S/C19H28N6O2/c1-13-15(14(2)23(5)21-13)6-7-18(26)24-9-8-17-20-16(19(27)22(3)4)12-25(17)11-10-24/h12H,6-11H2,1-5H3. The third-order valence-electron chi connectivity index (χ3n) is 5.30. The van der Waals surface area contributed by atoms with E-state index in [1.807, 2.05) is 35.0 Å². The molecule has 0 N–H and O–H groups in total. The minimum Gasteiger partial charge on any atom is -0.343 e. The smallest absolute Gasteiger partial charge is 0.273 e. The van der Waals surface area contributed by atoms with Crippen molar-refractivity contribution in [3.05, 3.63) is 34.7 Å².